The van der Waals surface area contributed by atoms with Gasteiger partial charge in [0, 0.05) is 128 Å². The summed E-state index contributed by atoms with van der Waals surface area (Å²) in [6.07, 6.45) is 11.1. The van der Waals surface area contributed by atoms with E-state index < -0.39 is 42.1 Å². The normalized spacial score (nSPS) is 15.9. The number of carbonyl (C=O) groups is 5. The Morgan fingerprint density at radius 2 is 0.962 bits per heavy atom. The topological polar surface area (TPSA) is 353 Å². The Hall–Kier alpha value is -9.81. The van der Waals surface area contributed by atoms with E-state index in [2.05, 4.69) is 62.6 Å². The van der Waals surface area contributed by atoms with Gasteiger partial charge in [-0.15, -0.1) is 12.4 Å². The number of halogens is 8. The maximum Gasteiger partial charge on any atom is 0.451 e. The number of aryl methyl sites for hydroxylation is 3. The standard InChI is InChI=1S/C36H43F3N8O2.C31H40F3N7O2.C5H3ClN2O2.CO2.ClH/c37-36(38,39)35-44-32(46-22-16-27(17-23-46)7-2-11-34(49)43-18-3-10-31-41-19-5-20-42-31)24-33(45-35)47-21-4-8-29(47)30(48)9-1-6-26-12-14-28(25-40)15-13-26;32-31(33,34)30-38-27(40-18-13-23(14-19-40)5-2-8-29(43)37-16-15-35)20-28(39-30)41-17-3-6-25(41)26(42)7-1-4-22-9-11-24(21-36)12-10-22;6-5-7-1-3(2-8-5)4(9)10;2-1-3;/h5,12-15,19-20,24,27,29H,1-4,6-11,16-18,21-23H2,(H,43,49);9-12,20,23,25H,1-8,13-19,35H2,(H,37,43);1-2H,(H,9,10);;1H/t29-;25-;;;/m00.../s1. The van der Waals surface area contributed by atoms with Crippen LogP contribution >= 0.6 is 24.0 Å². The molecule has 4 aliphatic rings. The first-order valence-corrected chi connectivity index (χ1v) is 35.5. The molecular formula is C73H87Cl2F6N17O8. The van der Waals surface area contributed by atoms with Crippen LogP contribution in [-0.4, -0.2) is 151 Å². The van der Waals surface area contributed by atoms with Crippen LogP contribution in [0.5, 0.6) is 0 Å². The number of amides is 2. The van der Waals surface area contributed by atoms with Crippen LogP contribution in [0.1, 0.15) is 172 Å². The summed E-state index contributed by atoms with van der Waals surface area (Å²) in [7, 11) is 0. The van der Waals surface area contributed by atoms with Crippen LogP contribution < -0.4 is 36.0 Å². The van der Waals surface area contributed by atoms with Crippen LogP contribution in [0, 0.1) is 34.5 Å². The molecule has 4 aliphatic heterocycles. The van der Waals surface area contributed by atoms with Gasteiger partial charge < -0.3 is 41.1 Å². The van der Waals surface area contributed by atoms with Gasteiger partial charge in [-0.1, -0.05) is 24.3 Å². The first-order chi connectivity index (χ1) is 50.5. The number of piperidine rings is 2. The van der Waals surface area contributed by atoms with E-state index in [9.17, 15) is 50.3 Å². The number of Topliss-reactive ketones (excluding diaryl/α,β-unsaturated/α-hetero) is 2. The summed E-state index contributed by atoms with van der Waals surface area (Å²) in [6, 6.07) is 22.6. The molecule has 25 nitrogen and oxygen atoms in total. The smallest absolute Gasteiger partial charge is 0.451 e. The lowest BCUT2D eigenvalue weighted by atomic mass is 9.91. The SMILES string of the molecule is Cl.N#Cc1ccc(CCCC(=O)[C@@H]2CCCN2c2cc(N3CCC(CCCC(=O)NCCCc4ncccn4)CC3)nc(C(F)(F)F)n2)cc1.N#Cc1ccc(CCCC(=O)[C@@H]2CCCN2c2cc(N3CCC(CCCC(=O)NCCN)CC3)nc(C(F)(F)F)n2)cc1.O=C(O)c1cnc(Cl)nc1.O=C=O. The maximum absolute atomic E-state index is 14.0. The third kappa shape index (κ3) is 27.9. The number of hydrogen-bond donors (Lipinski definition) is 4. The van der Waals surface area contributed by atoms with Crippen LogP contribution in [-0.2, 0) is 60.4 Å². The molecule has 10 rings (SSSR count). The predicted molar refractivity (Wildman–Crippen MR) is 382 cm³/mol. The van der Waals surface area contributed by atoms with Gasteiger partial charge in [-0.25, -0.2) is 44.7 Å². The van der Waals surface area contributed by atoms with Crippen molar-refractivity contribution in [3.8, 4) is 12.1 Å². The van der Waals surface area contributed by atoms with Crippen molar-refractivity contribution in [3.63, 3.8) is 0 Å². The van der Waals surface area contributed by atoms with Crippen molar-refractivity contribution in [1.82, 2.24) is 50.5 Å². The molecule has 0 unspecified atom stereocenters. The molecule has 2 atom stereocenters. The number of ketones is 2. The number of anilines is 4. The molecule has 8 heterocycles. The molecule has 4 fully saturated rings. The average molecular weight is 1520 g/mol. The molecule has 0 saturated carbocycles. The Balaban J connectivity index is 0.000000283. The number of aromatic carboxylic acids is 1. The van der Waals surface area contributed by atoms with Crippen molar-refractivity contribution in [3.05, 3.63) is 142 Å². The highest BCUT2D eigenvalue weighted by Gasteiger charge is 2.41. The molecule has 4 aromatic heterocycles. The third-order valence-corrected chi connectivity index (χ3v) is 18.6. The minimum absolute atomic E-state index is 0. The Labute approximate surface area is 622 Å². The zero-order chi connectivity index (χ0) is 75.7. The van der Waals surface area contributed by atoms with Crippen molar-refractivity contribution in [2.75, 3.05) is 78.5 Å². The van der Waals surface area contributed by atoms with E-state index in [1.807, 2.05) is 34.1 Å². The summed E-state index contributed by atoms with van der Waals surface area (Å²) in [4.78, 5) is 115. The number of benzene rings is 2. The van der Waals surface area contributed by atoms with E-state index in [-0.39, 0.29) is 76.1 Å². The molecule has 106 heavy (non-hydrogen) atoms. The quantitative estimate of drug-likeness (QED) is 0.0192. The number of alkyl halides is 6. The highest BCUT2D eigenvalue weighted by atomic mass is 35.5. The number of carboxylic acids is 1. The van der Waals surface area contributed by atoms with Crippen LogP contribution in [0.2, 0.25) is 5.28 Å². The fraction of sp³-hybridized carbons (Fsp3) is 0.507. The van der Waals surface area contributed by atoms with Crippen LogP contribution in [0.25, 0.3) is 0 Å². The number of nitrogens with one attached hydrogen (secondary N) is 2. The molecule has 4 saturated heterocycles. The number of hydrogen-bond acceptors (Lipinski definition) is 22. The summed E-state index contributed by atoms with van der Waals surface area (Å²) in [5, 5.41) is 32.1. The molecule has 0 spiro atoms. The summed E-state index contributed by atoms with van der Waals surface area (Å²) in [6.45, 7) is 4.60. The summed E-state index contributed by atoms with van der Waals surface area (Å²) >= 11 is 5.30. The molecule has 6 aromatic rings. The Bertz CT molecular complexity index is 3890. The number of nitrogens with zero attached hydrogens (tertiary/aromatic N) is 14. The molecule has 5 N–H and O–H groups in total. The first-order valence-electron chi connectivity index (χ1n) is 35.2. The summed E-state index contributed by atoms with van der Waals surface area (Å²) in [5.74, 6) is -1.15. The van der Waals surface area contributed by atoms with Crippen LogP contribution in [0.4, 0.5) is 49.6 Å². The molecule has 2 amide bonds. The lowest BCUT2D eigenvalue weighted by molar-refractivity contribution is -0.192. The Morgan fingerprint density at radius 3 is 1.35 bits per heavy atom. The van der Waals surface area contributed by atoms with Gasteiger partial charge >= 0.3 is 24.5 Å². The summed E-state index contributed by atoms with van der Waals surface area (Å²) in [5.41, 5.74) is 8.65. The van der Waals surface area contributed by atoms with Gasteiger partial charge in [0.25, 0.3) is 0 Å². The number of nitrogens with two attached hydrogens (primary N) is 1. The number of rotatable bonds is 29. The van der Waals surface area contributed by atoms with Crippen LogP contribution in [0.3, 0.4) is 0 Å². The van der Waals surface area contributed by atoms with Gasteiger partial charge in [-0.2, -0.15) is 46.5 Å². The van der Waals surface area contributed by atoms with E-state index >= 15 is 0 Å². The first kappa shape index (κ1) is 85.1. The monoisotopic (exact) mass is 1510 g/mol. The van der Waals surface area contributed by atoms with E-state index in [1.54, 1.807) is 64.7 Å². The van der Waals surface area contributed by atoms with Crippen molar-refractivity contribution >= 4 is 82.8 Å². The molecule has 0 radical (unpaired) electrons. The highest BCUT2D eigenvalue weighted by molar-refractivity contribution is 6.28. The summed E-state index contributed by atoms with van der Waals surface area (Å²) < 4.78 is 83.6. The zero-order valence-corrected chi connectivity index (χ0v) is 60.2. The maximum atomic E-state index is 14.0. The van der Waals surface area contributed by atoms with Crippen molar-refractivity contribution in [2.24, 2.45) is 17.6 Å². The van der Waals surface area contributed by atoms with Crippen molar-refractivity contribution < 1.29 is 65.0 Å². The average Bonchev–Trinajstić information content (AvgIpc) is 1.31. The molecule has 568 valence electrons. The van der Waals surface area contributed by atoms with E-state index in [0.717, 1.165) is 87.1 Å². The van der Waals surface area contributed by atoms with Crippen LogP contribution in [0.15, 0.2) is 91.5 Å². The van der Waals surface area contributed by atoms with Crippen molar-refractivity contribution in [2.45, 2.75) is 166 Å². The van der Waals surface area contributed by atoms with Crippen molar-refractivity contribution in [1.29, 1.82) is 10.5 Å². The van der Waals surface area contributed by atoms with E-state index in [0.29, 0.717) is 165 Å². The Morgan fingerprint density at radius 1 is 0.557 bits per heavy atom. The molecule has 33 heteroatoms. The lowest BCUT2D eigenvalue weighted by Gasteiger charge is -2.34. The van der Waals surface area contributed by atoms with Gasteiger partial charge in [0.05, 0.1) is 40.9 Å². The Kier molecular flexibility index (Phi) is 35.0. The second-order valence-electron chi connectivity index (χ2n) is 25.8. The minimum atomic E-state index is -4.72. The third-order valence-electron chi connectivity index (χ3n) is 18.4. The fourth-order valence-electron chi connectivity index (χ4n) is 13.0. The lowest BCUT2D eigenvalue weighted by Crippen LogP contribution is -2.38. The minimum Gasteiger partial charge on any atom is -0.478 e. The second kappa shape index (κ2) is 43.6. The highest BCUT2D eigenvalue weighted by Crippen LogP contribution is 2.37. The largest absolute Gasteiger partial charge is 0.478 e. The van der Waals surface area contributed by atoms with Gasteiger partial charge in [-0.3, -0.25) is 19.2 Å². The molecule has 0 aliphatic carbocycles. The number of carboxylic acid groups (broad SMARTS) is 1. The van der Waals surface area contributed by atoms with Gasteiger partial charge in [0.1, 0.15) is 29.1 Å². The number of aromatic nitrogens is 8. The van der Waals surface area contributed by atoms with E-state index in [1.165, 1.54) is 0 Å². The zero-order valence-electron chi connectivity index (χ0n) is 58.6. The molecule has 2 aromatic carbocycles. The number of carbonyl (C=O) groups excluding carboxylic acids is 6. The van der Waals surface area contributed by atoms with E-state index in [4.69, 9.17) is 42.6 Å². The molecular weight excluding hydrogens is 1430 g/mol. The fourth-order valence-corrected chi connectivity index (χ4v) is 13.1. The second-order valence-corrected chi connectivity index (χ2v) is 26.1. The molecule has 0 bridgehead atoms. The van der Waals surface area contributed by atoms with Gasteiger partial charge in [0.15, 0.2) is 11.6 Å². The predicted octanol–water partition coefficient (Wildman–Crippen LogP) is 10.9. The number of nitriles is 2. The van der Waals surface area contributed by atoms with Gasteiger partial charge in [-0.05, 0) is 174 Å². The van der Waals surface area contributed by atoms with Gasteiger partial charge in [0.2, 0.25) is 28.7 Å².